The zero-order valence-corrected chi connectivity index (χ0v) is 20.2. The van der Waals surface area contributed by atoms with E-state index in [9.17, 15) is 0 Å². The van der Waals surface area contributed by atoms with E-state index in [1.165, 1.54) is 10.4 Å². The van der Waals surface area contributed by atoms with E-state index in [0.717, 1.165) is 50.8 Å². The van der Waals surface area contributed by atoms with Gasteiger partial charge in [0, 0.05) is 42.7 Å². The number of nitrogens with one attached hydrogen (secondary N) is 2. The van der Waals surface area contributed by atoms with Crippen LogP contribution in [0.2, 0.25) is 0 Å². The molecule has 0 aromatic carbocycles. The Kier molecular flexibility index (Phi) is 9.50. The minimum Gasteiger partial charge on any atom is -0.357 e. The lowest BCUT2D eigenvalue weighted by Gasteiger charge is -2.34. The number of nitrogens with zero attached hydrogens (tertiary/aromatic N) is 3. The van der Waals surface area contributed by atoms with Crippen LogP contribution in [0.25, 0.3) is 0 Å². The zero-order chi connectivity index (χ0) is 19.1. The van der Waals surface area contributed by atoms with Gasteiger partial charge in [-0.05, 0) is 49.8 Å². The minimum absolute atomic E-state index is 0. The molecule has 2 aromatic heterocycles. The third-order valence-corrected chi connectivity index (χ3v) is 6.06. The highest BCUT2D eigenvalue weighted by molar-refractivity contribution is 14.0. The zero-order valence-electron chi connectivity index (χ0n) is 17.0. The molecule has 1 aliphatic rings. The fourth-order valence-corrected chi connectivity index (χ4v) is 4.08. The van der Waals surface area contributed by atoms with Crippen molar-refractivity contribution in [3.05, 3.63) is 46.3 Å². The lowest BCUT2D eigenvalue weighted by molar-refractivity contribution is 0.459. The lowest BCUT2D eigenvalue weighted by atomic mass is 10.1. The van der Waals surface area contributed by atoms with Crippen molar-refractivity contribution in [1.82, 2.24) is 15.6 Å². The van der Waals surface area contributed by atoms with Crippen molar-refractivity contribution in [3.63, 3.8) is 0 Å². The number of rotatable bonds is 6. The second kappa shape index (κ2) is 11.6. The highest BCUT2D eigenvalue weighted by atomic mass is 127. The van der Waals surface area contributed by atoms with Crippen LogP contribution in [0.3, 0.4) is 0 Å². The quantitative estimate of drug-likeness (QED) is 0.342. The predicted molar refractivity (Wildman–Crippen MR) is 131 cm³/mol. The molecular weight excluding hydrogens is 481 g/mol. The van der Waals surface area contributed by atoms with Gasteiger partial charge in [0.25, 0.3) is 0 Å². The topological polar surface area (TPSA) is 52.6 Å². The van der Waals surface area contributed by atoms with Crippen molar-refractivity contribution in [2.45, 2.75) is 45.6 Å². The molecule has 0 saturated carbocycles. The summed E-state index contributed by atoms with van der Waals surface area (Å²) in [5.74, 6) is 2.48. The minimum atomic E-state index is 0. The molecule has 5 nitrogen and oxygen atoms in total. The monoisotopic (exact) mass is 513 g/mol. The number of halogens is 1. The normalized spacial score (nSPS) is 16.4. The Morgan fingerprint density at radius 1 is 1.32 bits per heavy atom. The molecule has 0 bridgehead atoms. The summed E-state index contributed by atoms with van der Waals surface area (Å²) in [5, 5.41) is 9.16. The van der Waals surface area contributed by atoms with Crippen LogP contribution in [-0.2, 0) is 0 Å². The number of aliphatic imine (C=N–C) groups is 1. The average molecular weight is 513 g/mol. The molecule has 3 rings (SSSR count). The Balaban J connectivity index is 0.00000280. The van der Waals surface area contributed by atoms with E-state index in [4.69, 9.17) is 4.99 Å². The maximum absolute atomic E-state index is 4.83. The van der Waals surface area contributed by atoms with Crippen molar-refractivity contribution in [2.75, 3.05) is 31.1 Å². The Hall–Kier alpha value is -1.35. The molecule has 1 saturated heterocycles. The number of aryl methyl sites for hydroxylation is 1. The van der Waals surface area contributed by atoms with Crippen molar-refractivity contribution in [1.29, 1.82) is 0 Å². The Morgan fingerprint density at radius 2 is 2.11 bits per heavy atom. The molecule has 0 spiro atoms. The van der Waals surface area contributed by atoms with Gasteiger partial charge in [-0.2, -0.15) is 0 Å². The number of piperidine rings is 1. The summed E-state index contributed by atoms with van der Waals surface area (Å²) < 4.78 is 0. The molecule has 0 amide bonds. The largest absolute Gasteiger partial charge is 0.357 e. The van der Waals surface area contributed by atoms with Gasteiger partial charge in [-0.15, -0.1) is 35.3 Å². The smallest absolute Gasteiger partial charge is 0.191 e. The number of hydrogen-bond donors (Lipinski definition) is 2. The summed E-state index contributed by atoms with van der Waals surface area (Å²) in [7, 11) is 0. The number of thiophene rings is 1. The van der Waals surface area contributed by atoms with Crippen LogP contribution in [0.15, 0.2) is 40.8 Å². The van der Waals surface area contributed by atoms with Crippen LogP contribution in [-0.4, -0.2) is 43.2 Å². The molecule has 1 atom stereocenters. The number of pyridine rings is 1. The first kappa shape index (κ1) is 22.9. The summed E-state index contributed by atoms with van der Waals surface area (Å²) in [4.78, 5) is 13.2. The highest BCUT2D eigenvalue weighted by Gasteiger charge is 2.21. The molecule has 3 heterocycles. The van der Waals surface area contributed by atoms with Gasteiger partial charge < -0.3 is 15.5 Å². The van der Waals surface area contributed by atoms with Crippen LogP contribution in [0, 0.1) is 6.92 Å². The Morgan fingerprint density at radius 3 is 2.71 bits per heavy atom. The summed E-state index contributed by atoms with van der Waals surface area (Å²) in [6.07, 6.45) is 4.14. The predicted octanol–water partition coefficient (Wildman–Crippen LogP) is 4.40. The Labute approximate surface area is 190 Å². The third-order valence-electron chi connectivity index (χ3n) is 4.95. The van der Waals surface area contributed by atoms with Gasteiger partial charge in [-0.1, -0.05) is 19.1 Å². The first-order valence-corrected chi connectivity index (χ1v) is 10.8. The van der Waals surface area contributed by atoms with Crippen LogP contribution in [0.5, 0.6) is 0 Å². The first-order chi connectivity index (χ1) is 13.2. The van der Waals surface area contributed by atoms with Crippen molar-refractivity contribution < 1.29 is 0 Å². The fourth-order valence-electron chi connectivity index (χ4n) is 3.30. The maximum Gasteiger partial charge on any atom is 0.191 e. The van der Waals surface area contributed by atoms with Crippen LogP contribution in [0.4, 0.5) is 5.82 Å². The molecule has 0 aliphatic carbocycles. The molecule has 0 radical (unpaired) electrons. The molecule has 7 heteroatoms. The Bertz CT molecular complexity index is 709. The molecule has 154 valence electrons. The molecule has 28 heavy (non-hydrogen) atoms. The number of guanidine groups is 1. The SMILES string of the molecule is CCNC(=NCC(C)c1cccs1)NC1CCN(c2ccc(C)cn2)CC1.I. The van der Waals surface area contributed by atoms with E-state index in [1.54, 1.807) is 0 Å². The molecule has 1 fully saturated rings. The summed E-state index contributed by atoms with van der Waals surface area (Å²) in [5.41, 5.74) is 1.21. The highest BCUT2D eigenvalue weighted by Crippen LogP contribution is 2.21. The average Bonchev–Trinajstić information content (AvgIpc) is 3.22. The second-order valence-electron chi connectivity index (χ2n) is 7.24. The van der Waals surface area contributed by atoms with Gasteiger partial charge in [0.05, 0.1) is 6.54 Å². The van der Waals surface area contributed by atoms with Gasteiger partial charge in [0.15, 0.2) is 5.96 Å². The van der Waals surface area contributed by atoms with Crippen LogP contribution >= 0.6 is 35.3 Å². The number of hydrogen-bond acceptors (Lipinski definition) is 4. The summed E-state index contributed by atoms with van der Waals surface area (Å²) in [6, 6.07) is 9.03. The van der Waals surface area contributed by atoms with E-state index in [0.29, 0.717) is 12.0 Å². The van der Waals surface area contributed by atoms with E-state index in [1.807, 2.05) is 17.5 Å². The molecule has 2 N–H and O–H groups in total. The van der Waals surface area contributed by atoms with Gasteiger partial charge >= 0.3 is 0 Å². The lowest BCUT2D eigenvalue weighted by Crippen LogP contribution is -2.49. The van der Waals surface area contributed by atoms with Gasteiger partial charge in [-0.3, -0.25) is 4.99 Å². The van der Waals surface area contributed by atoms with Crippen molar-refractivity contribution >= 4 is 47.1 Å². The summed E-state index contributed by atoms with van der Waals surface area (Å²) >= 11 is 1.81. The van der Waals surface area contributed by atoms with Gasteiger partial charge in [0.1, 0.15) is 5.82 Å². The molecule has 1 aliphatic heterocycles. The second-order valence-corrected chi connectivity index (χ2v) is 8.21. The van der Waals surface area contributed by atoms with Crippen LogP contribution in [0.1, 0.15) is 43.0 Å². The number of aromatic nitrogens is 1. The molecule has 2 aromatic rings. The van der Waals surface area contributed by atoms with Gasteiger partial charge in [-0.25, -0.2) is 4.98 Å². The van der Waals surface area contributed by atoms with Crippen LogP contribution < -0.4 is 15.5 Å². The number of anilines is 1. The molecular formula is C21H32IN5S. The first-order valence-electron chi connectivity index (χ1n) is 9.91. The molecule has 1 unspecified atom stereocenters. The van der Waals surface area contributed by atoms with E-state index in [-0.39, 0.29) is 24.0 Å². The van der Waals surface area contributed by atoms with E-state index in [2.05, 4.69) is 70.9 Å². The third kappa shape index (κ3) is 6.62. The standard InChI is InChI=1S/C21H31N5S.HI/c1-4-22-21(24-15-17(3)19-6-5-13-27-19)25-18-9-11-26(12-10-18)20-8-7-16(2)14-23-20;/h5-8,13-14,17-18H,4,9-12,15H2,1-3H3,(H2,22,24,25);1H. The fraction of sp³-hybridized carbons (Fsp3) is 0.524. The summed E-state index contributed by atoms with van der Waals surface area (Å²) in [6.45, 7) is 10.2. The van der Waals surface area contributed by atoms with E-state index >= 15 is 0 Å². The van der Waals surface area contributed by atoms with Crippen molar-refractivity contribution in [3.8, 4) is 0 Å². The van der Waals surface area contributed by atoms with Crippen molar-refractivity contribution in [2.24, 2.45) is 4.99 Å². The van der Waals surface area contributed by atoms with E-state index < -0.39 is 0 Å². The van der Waals surface area contributed by atoms with Gasteiger partial charge in [0.2, 0.25) is 0 Å². The maximum atomic E-state index is 4.83.